The summed E-state index contributed by atoms with van der Waals surface area (Å²) in [5.41, 5.74) is 1.99. The van der Waals surface area contributed by atoms with Crippen molar-refractivity contribution in [1.82, 2.24) is 5.32 Å². The van der Waals surface area contributed by atoms with Gasteiger partial charge in [0.2, 0.25) is 0 Å². The number of hydrogen-bond acceptors (Lipinski definition) is 1. The lowest BCUT2D eigenvalue weighted by atomic mass is 10.0. The van der Waals surface area contributed by atoms with Gasteiger partial charge in [0.1, 0.15) is 5.82 Å². The fraction of sp³-hybridized carbons (Fsp3) is 0.500. The van der Waals surface area contributed by atoms with E-state index >= 15 is 0 Å². The van der Waals surface area contributed by atoms with Gasteiger partial charge in [0.15, 0.2) is 0 Å². The summed E-state index contributed by atoms with van der Waals surface area (Å²) in [5, 5.41) is 3.36. The molecule has 0 heterocycles. The van der Waals surface area contributed by atoms with Crippen LogP contribution < -0.4 is 5.32 Å². The van der Waals surface area contributed by atoms with Crippen molar-refractivity contribution in [3.63, 3.8) is 0 Å². The predicted molar refractivity (Wildman–Crippen MR) is 63.4 cm³/mol. The quantitative estimate of drug-likeness (QED) is 0.869. The Kier molecular flexibility index (Phi) is 3.12. The Labute approximate surface area is 98.2 Å². The van der Waals surface area contributed by atoms with Gasteiger partial charge < -0.3 is 5.32 Å². The van der Waals surface area contributed by atoms with Crippen LogP contribution in [-0.2, 0) is 6.42 Å². The molecule has 0 saturated heterocycles. The average molecular weight is 272 g/mol. The van der Waals surface area contributed by atoms with E-state index in [9.17, 15) is 4.39 Å². The van der Waals surface area contributed by atoms with Gasteiger partial charge in [0.05, 0.1) is 0 Å². The van der Waals surface area contributed by atoms with Gasteiger partial charge in [-0.2, -0.15) is 0 Å². The first-order valence-electron chi connectivity index (χ1n) is 5.35. The Hall–Kier alpha value is -0.410. The zero-order chi connectivity index (χ0) is 11.0. The smallest absolute Gasteiger partial charge is 0.128 e. The van der Waals surface area contributed by atoms with E-state index in [1.807, 2.05) is 0 Å². The van der Waals surface area contributed by atoms with E-state index in [-0.39, 0.29) is 11.9 Å². The fourth-order valence-electron chi connectivity index (χ4n) is 2.40. The van der Waals surface area contributed by atoms with E-state index in [1.54, 1.807) is 12.1 Å². The molecule has 2 rings (SSSR count). The molecule has 1 N–H and O–H groups in total. The highest BCUT2D eigenvalue weighted by atomic mass is 79.9. The van der Waals surface area contributed by atoms with Crippen LogP contribution in [0.25, 0.3) is 0 Å². The minimum Gasteiger partial charge on any atom is -0.310 e. The number of halogens is 2. The standard InChI is InChI=1S/C12H15BrFN/c1-3-15-12-7(2)6-8-9(13)4-5-10(14)11(8)12/h4-5,7,12,15H,3,6H2,1-2H3. The zero-order valence-electron chi connectivity index (χ0n) is 8.98. The highest BCUT2D eigenvalue weighted by Gasteiger charge is 2.32. The zero-order valence-corrected chi connectivity index (χ0v) is 10.6. The van der Waals surface area contributed by atoms with Gasteiger partial charge in [-0.05, 0) is 36.6 Å². The van der Waals surface area contributed by atoms with Gasteiger partial charge >= 0.3 is 0 Å². The van der Waals surface area contributed by atoms with Gasteiger partial charge in [-0.25, -0.2) is 4.39 Å². The molecule has 2 unspecified atom stereocenters. The predicted octanol–water partition coefficient (Wildman–Crippen LogP) is 3.43. The summed E-state index contributed by atoms with van der Waals surface area (Å²) in [6.07, 6.45) is 0.950. The normalized spacial score (nSPS) is 24.3. The minimum atomic E-state index is -0.0801. The summed E-state index contributed by atoms with van der Waals surface area (Å²) in [6.45, 7) is 5.10. The number of nitrogens with one attached hydrogen (secondary N) is 1. The molecule has 1 aromatic rings. The average Bonchev–Trinajstić information content (AvgIpc) is 2.53. The maximum atomic E-state index is 13.8. The molecule has 0 radical (unpaired) electrons. The Balaban J connectivity index is 2.47. The first-order chi connectivity index (χ1) is 7.15. The van der Waals surface area contributed by atoms with Crippen molar-refractivity contribution in [1.29, 1.82) is 0 Å². The Bertz CT molecular complexity index is 378. The van der Waals surface area contributed by atoms with Crippen molar-refractivity contribution >= 4 is 15.9 Å². The molecule has 3 heteroatoms. The SMILES string of the molecule is CCNC1c2c(F)ccc(Br)c2CC1C. The van der Waals surface area contributed by atoms with E-state index in [2.05, 4.69) is 35.1 Å². The summed E-state index contributed by atoms with van der Waals surface area (Å²) in [6, 6.07) is 3.52. The molecule has 0 fully saturated rings. The highest BCUT2D eigenvalue weighted by Crippen LogP contribution is 2.40. The lowest BCUT2D eigenvalue weighted by Crippen LogP contribution is -2.24. The molecule has 15 heavy (non-hydrogen) atoms. The van der Waals surface area contributed by atoms with E-state index < -0.39 is 0 Å². The Morgan fingerprint density at radius 1 is 1.53 bits per heavy atom. The van der Waals surface area contributed by atoms with E-state index in [1.165, 1.54) is 0 Å². The topological polar surface area (TPSA) is 12.0 Å². The van der Waals surface area contributed by atoms with Crippen molar-refractivity contribution < 1.29 is 4.39 Å². The molecule has 0 spiro atoms. The molecule has 82 valence electrons. The van der Waals surface area contributed by atoms with Crippen LogP contribution in [0.5, 0.6) is 0 Å². The molecule has 0 aromatic heterocycles. The van der Waals surface area contributed by atoms with Crippen LogP contribution in [0.4, 0.5) is 4.39 Å². The highest BCUT2D eigenvalue weighted by molar-refractivity contribution is 9.10. The maximum Gasteiger partial charge on any atom is 0.128 e. The first-order valence-corrected chi connectivity index (χ1v) is 6.14. The van der Waals surface area contributed by atoms with E-state index in [0.29, 0.717) is 5.92 Å². The van der Waals surface area contributed by atoms with Gasteiger partial charge in [-0.1, -0.05) is 29.8 Å². The molecule has 0 aliphatic heterocycles. The third-order valence-corrected chi connectivity index (χ3v) is 3.82. The second kappa shape index (κ2) is 4.22. The summed E-state index contributed by atoms with van der Waals surface area (Å²) in [5.74, 6) is 0.386. The van der Waals surface area contributed by atoms with Crippen LogP contribution in [0, 0.1) is 11.7 Å². The van der Waals surface area contributed by atoms with E-state index in [4.69, 9.17) is 0 Å². The lowest BCUT2D eigenvalue weighted by molar-refractivity contribution is 0.415. The van der Waals surface area contributed by atoms with Crippen molar-refractivity contribution in [2.75, 3.05) is 6.54 Å². The third-order valence-electron chi connectivity index (χ3n) is 3.08. The van der Waals surface area contributed by atoms with Gasteiger partial charge in [-0.15, -0.1) is 0 Å². The van der Waals surface area contributed by atoms with Crippen molar-refractivity contribution in [3.8, 4) is 0 Å². The molecule has 1 aliphatic rings. The monoisotopic (exact) mass is 271 g/mol. The molecule has 2 atom stereocenters. The van der Waals surface area contributed by atoms with Crippen LogP contribution >= 0.6 is 15.9 Å². The number of benzene rings is 1. The molecule has 0 bridgehead atoms. The van der Waals surface area contributed by atoms with Crippen molar-refractivity contribution in [3.05, 3.63) is 33.5 Å². The Morgan fingerprint density at radius 2 is 2.27 bits per heavy atom. The molecule has 1 nitrogen and oxygen atoms in total. The summed E-state index contributed by atoms with van der Waals surface area (Å²) in [7, 11) is 0. The van der Waals surface area contributed by atoms with Crippen LogP contribution in [0.15, 0.2) is 16.6 Å². The van der Waals surface area contributed by atoms with Crippen LogP contribution in [-0.4, -0.2) is 6.54 Å². The first kappa shape index (κ1) is 11.1. The van der Waals surface area contributed by atoms with Crippen LogP contribution in [0.2, 0.25) is 0 Å². The fourth-order valence-corrected chi connectivity index (χ4v) is 2.91. The lowest BCUT2D eigenvalue weighted by Gasteiger charge is -2.17. The molecule has 0 amide bonds. The molecule has 1 aromatic carbocycles. The summed E-state index contributed by atoms with van der Waals surface area (Å²) >= 11 is 3.49. The van der Waals surface area contributed by atoms with Crippen molar-refractivity contribution in [2.24, 2.45) is 5.92 Å². The Morgan fingerprint density at radius 3 is 2.93 bits per heavy atom. The van der Waals surface area contributed by atoms with Crippen LogP contribution in [0.1, 0.15) is 31.0 Å². The van der Waals surface area contributed by atoms with Crippen molar-refractivity contribution in [2.45, 2.75) is 26.3 Å². The number of hydrogen-bond donors (Lipinski definition) is 1. The molecular weight excluding hydrogens is 257 g/mol. The van der Waals surface area contributed by atoms with Gasteiger partial charge in [0, 0.05) is 16.1 Å². The number of rotatable bonds is 2. The summed E-state index contributed by atoms with van der Waals surface area (Å²) < 4.78 is 14.8. The maximum absolute atomic E-state index is 13.8. The number of fused-ring (bicyclic) bond motifs is 1. The minimum absolute atomic E-state index is 0.0801. The largest absolute Gasteiger partial charge is 0.310 e. The van der Waals surface area contributed by atoms with Gasteiger partial charge in [0.25, 0.3) is 0 Å². The van der Waals surface area contributed by atoms with Gasteiger partial charge in [-0.3, -0.25) is 0 Å². The molecule has 1 aliphatic carbocycles. The second-order valence-electron chi connectivity index (χ2n) is 4.14. The van der Waals surface area contributed by atoms with Crippen LogP contribution in [0.3, 0.4) is 0 Å². The van der Waals surface area contributed by atoms with E-state index in [0.717, 1.165) is 28.6 Å². The molecular formula is C12H15BrFN. The molecule has 0 saturated carbocycles. The third kappa shape index (κ3) is 1.83. The second-order valence-corrected chi connectivity index (χ2v) is 4.99. The summed E-state index contributed by atoms with van der Waals surface area (Å²) in [4.78, 5) is 0.